The average molecular weight is 269 g/mol. The highest BCUT2D eigenvalue weighted by molar-refractivity contribution is 5.41. The lowest BCUT2D eigenvalue weighted by Gasteiger charge is -2.34. The lowest BCUT2D eigenvalue weighted by atomic mass is 10.0. The van der Waals surface area contributed by atoms with Gasteiger partial charge in [0.1, 0.15) is 0 Å². The standard InChI is InChI=1S/C14H14F3NO/c15-14(16,17)9-1-2-10-8(5-9)6-11-12(10)18-7-13(19-11)3-4-13/h1-2,5,11-12,18H,3-4,6-7H2/t11-,12?/m1/s1. The third-order valence-electron chi connectivity index (χ3n) is 4.45. The van der Waals surface area contributed by atoms with E-state index in [0.29, 0.717) is 6.42 Å². The number of hydrogen-bond acceptors (Lipinski definition) is 2. The van der Waals surface area contributed by atoms with Gasteiger partial charge < -0.3 is 10.1 Å². The summed E-state index contributed by atoms with van der Waals surface area (Å²) >= 11 is 0. The van der Waals surface area contributed by atoms with Crippen LogP contribution in [-0.2, 0) is 17.3 Å². The lowest BCUT2D eigenvalue weighted by molar-refractivity contribution is -0.137. The van der Waals surface area contributed by atoms with Gasteiger partial charge in [-0.25, -0.2) is 0 Å². The Hall–Kier alpha value is -1.07. The van der Waals surface area contributed by atoms with Crippen LogP contribution in [0.2, 0.25) is 0 Å². The maximum absolute atomic E-state index is 12.7. The van der Waals surface area contributed by atoms with E-state index in [2.05, 4.69) is 5.32 Å². The molecule has 2 aliphatic carbocycles. The van der Waals surface area contributed by atoms with Crippen molar-refractivity contribution >= 4 is 0 Å². The molecule has 1 N–H and O–H groups in total. The summed E-state index contributed by atoms with van der Waals surface area (Å²) in [5, 5.41) is 3.44. The van der Waals surface area contributed by atoms with Gasteiger partial charge in [0.15, 0.2) is 0 Å². The molecule has 1 aromatic rings. The molecule has 5 heteroatoms. The minimum Gasteiger partial charge on any atom is -0.368 e. The number of halogens is 3. The molecule has 1 unspecified atom stereocenters. The van der Waals surface area contributed by atoms with Crippen molar-refractivity contribution in [3.63, 3.8) is 0 Å². The first-order chi connectivity index (χ1) is 8.97. The van der Waals surface area contributed by atoms with Gasteiger partial charge in [0.25, 0.3) is 0 Å². The molecule has 2 fully saturated rings. The third kappa shape index (κ3) is 1.79. The van der Waals surface area contributed by atoms with Crippen LogP contribution in [0.15, 0.2) is 18.2 Å². The second kappa shape index (κ2) is 3.52. The Labute approximate surface area is 108 Å². The summed E-state index contributed by atoms with van der Waals surface area (Å²) in [6.45, 7) is 0.814. The predicted molar refractivity (Wildman–Crippen MR) is 62.7 cm³/mol. The van der Waals surface area contributed by atoms with Crippen LogP contribution >= 0.6 is 0 Å². The third-order valence-corrected chi connectivity index (χ3v) is 4.45. The summed E-state index contributed by atoms with van der Waals surface area (Å²) in [5.41, 5.74) is 1.16. The molecule has 3 aliphatic rings. The molecule has 0 radical (unpaired) electrons. The summed E-state index contributed by atoms with van der Waals surface area (Å²) in [4.78, 5) is 0. The summed E-state index contributed by atoms with van der Waals surface area (Å²) < 4.78 is 44.2. The average Bonchev–Trinajstić information content (AvgIpc) is 2.99. The smallest absolute Gasteiger partial charge is 0.368 e. The first-order valence-electron chi connectivity index (χ1n) is 6.58. The van der Waals surface area contributed by atoms with Gasteiger partial charge >= 0.3 is 6.18 Å². The molecule has 2 atom stereocenters. The molecule has 2 nitrogen and oxygen atoms in total. The van der Waals surface area contributed by atoms with Crippen LogP contribution in [0.3, 0.4) is 0 Å². The molecule has 1 saturated heterocycles. The Morgan fingerprint density at radius 3 is 2.74 bits per heavy atom. The minimum absolute atomic E-state index is 0.00488. The van der Waals surface area contributed by atoms with Gasteiger partial charge in [-0.15, -0.1) is 0 Å². The molecule has 0 amide bonds. The van der Waals surface area contributed by atoms with Crippen LogP contribution in [0.1, 0.15) is 35.6 Å². The number of fused-ring (bicyclic) bond motifs is 3. The second-order valence-corrected chi connectivity index (χ2v) is 5.81. The van der Waals surface area contributed by atoms with E-state index < -0.39 is 11.7 Å². The number of rotatable bonds is 0. The maximum atomic E-state index is 12.7. The van der Waals surface area contributed by atoms with E-state index in [1.165, 1.54) is 12.1 Å². The van der Waals surface area contributed by atoms with Gasteiger partial charge in [-0.2, -0.15) is 13.2 Å². The number of alkyl halides is 3. The zero-order valence-corrected chi connectivity index (χ0v) is 10.3. The van der Waals surface area contributed by atoms with Gasteiger partial charge in [0.05, 0.1) is 23.3 Å². The predicted octanol–water partition coefficient (Wildman–Crippen LogP) is 2.82. The Morgan fingerprint density at radius 1 is 1.26 bits per heavy atom. The first kappa shape index (κ1) is 11.7. The second-order valence-electron chi connectivity index (χ2n) is 5.81. The summed E-state index contributed by atoms with van der Waals surface area (Å²) in [6.07, 6.45) is -1.57. The topological polar surface area (TPSA) is 21.3 Å². The SMILES string of the molecule is FC(F)(F)c1ccc2c(c1)C[C@H]1OC3(CC3)CNC21. The molecule has 4 rings (SSSR count). The largest absolute Gasteiger partial charge is 0.416 e. The van der Waals surface area contributed by atoms with Crippen LogP contribution in [0, 0.1) is 0 Å². The normalized spacial score (nSPS) is 31.1. The Morgan fingerprint density at radius 2 is 2.05 bits per heavy atom. The molecular weight excluding hydrogens is 255 g/mol. The van der Waals surface area contributed by atoms with E-state index in [1.54, 1.807) is 6.07 Å². The van der Waals surface area contributed by atoms with Gasteiger partial charge in [-0.05, 0) is 36.1 Å². The highest BCUT2D eigenvalue weighted by Gasteiger charge is 2.52. The highest BCUT2D eigenvalue weighted by atomic mass is 19.4. The van der Waals surface area contributed by atoms with E-state index in [9.17, 15) is 13.2 Å². The van der Waals surface area contributed by atoms with Crippen LogP contribution in [0.4, 0.5) is 13.2 Å². The fourth-order valence-corrected chi connectivity index (χ4v) is 3.24. The molecule has 0 bridgehead atoms. The number of morpholine rings is 1. The van der Waals surface area contributed by atoms with E-state index in [4.69, 9.17) is 4.74 Å². The molecule has 0 aromatic heterocycles. The summed E-state index contributed by atoms with van der Waals surface area (Å²) in [5.74, 6) is 0. The van der Waals surface area contributed by atoms with E-state index in [0.717, 1.165) is 30.5 Å². The molecule has 1 saturated carbocycles. The molecule has 1 spiro atoms. The Balaban J connectivity index is 1.66. The lowest BCUT2D eigenvalue weighted by Crippen LogP contribution is -2.46. The van der Waals surface area contributed by atoms with Crippen molar-refractivity contribution in [3.8, 4) is 0 Å². The molecule has 1 heterocycles. The fourth-order valence-electron chi connectivity index (χ4n) is 3.24. The van der Waals surface area contributed by atoms with Gasteiger partial charge in [-0.1, -0.05) is 6.07 Å². The first-order valence-corrected chi connectivity index (χ1v) is 6.58. The van der Waals surface area contributed by atoms with Crippen molar-refractivity contribution in [2.45, 2.75) is 43.2 Å². The van der Waals surface area contributed by atoms with Crippen molar-refractivity contribution in [1.82, 2.24) is 5.32 Å². The van der Waals surface area contributed by atoms with Crippen molar-refractivity contribution in [2.24, 2.45) is 0 Å². The van der Waals surface area contributed by atoms with Crippen LogP contribution in [0.25, 0.3) is 0 Å². The van der Waals surface area contributed by atoms with Crippen LogP contribution in [-0.4, -0.2) is 18.2 Å². The fraction of sp³-hybridized carbons (Fsp3) is 0.571. The molecular formula is C14H14F3NO. The summed E-state index contributed by atoms with van der Waals surface area (Å²) in [6, 6.07) is 4.11. The highest BCUT2D eigenvalue weighted by Crippen LogP contribution is 2.48. The Bertz CT molecular complexity index is 536. The number of nitrogens with one attached hydrogen (secondary N) is 1. The molecule has 1 aromatic carbocycles. The monoisotopic (exact) mass is 269 g/mol. The maximum Gasteiger partial charge on any atom is 0.416 e. The van der Waals surface area contributed by atoms with E-state index in [1.807, 2.05) is 0 Å². The van der Waals surface area contributed by atoms with Crippen molar-refractivity contribution in [3.05, 3.63) is 34.9 Å². The van der Waals surface area contributed by atoms with Gasteiger partial charge in [0.2, 0.25) is 0 Å². The summed E-state index contributed by atoms with van der Waals surface area (Å²) in [7, 11) is 0. The minimum atomic E-state index is -4.27. The van der Waals surface area contributed by atoms with Crippen LogP contribution < -0.4 is 5.32 Å². The molecule has 19 heavy (non-hydrogen) atoms. The number of ether oxygens (including phenoxy) is 1. The van der Waals surface area contributed by atoms with Crippen molar-refractivity contribution in [1.29, 1.82) is 0 Å². The molecule has 1 aliphatic heterocycles. The number of benzene rings is 1. The van der Waals surface area contributed by atoms with Crippen LogP contribution in [0.5, 0.6) is 0 Å². The zero-order valence-electron chi connectivity index (χ0n) is 10.3. The zero-order chi connectivity index (χ0) is 13.3. The Kier molecular flexibility index (Phi) is 2.17. The van der Waals surface area contributed by atoms with Crippen molar-refractivity contribution in [2.75, 3.05) is 6.54 Å². The van der Waals surface area contributed by atoms with Gasteiger partial charge in [0, 0.05) is 13.0 Å². The van der Waals surface area contributed by atoms with Crippen molar-refractivity contribution < 1.29 is 17.9 Å². The van der Waals surface area contributed by atoms with E-state index >= 15 is 0 Å². The number of hydrogen-bond donors (Lipinski definition) is 1. The van der Waals surface area contributed by atoms with E-state index in [-0.39, 0.29) is 17.7 Å². The van der Waals surface area contributed by atoms with Gasteiger partial charge in [-0.3, -0.25) is 0 Å². The molecule has 102 valence electrons. The quantitative estimate of drug-likeness (QED) is 0.782.